The van der Waals surface area contributed by atoms with Gasteiger partial charge in [-0.15, -0.1) is 0 Å². The molecule has 0 aliphatic carbocycles. The van der Waals surface area contributed by atoms with Crippen molar-refractivity contribution in [2.24, 2.45) is 0 Å². The van der Waals surface area contributed by atoms with Crippen LogP contribution in [0.1, 0.15) is 27.9 Å². The first-order valence-corrected chi connectivity index (χ1v) is 12.2. The number of benzene rings is 3. The van der Waals surface area contributed by atoms with Crippen LogP contribution in [0.2, 0.25) is 0 Å². The molecule has 4 aromatic rings. The number of nitriles is 1. The van der Waals surface area contributed by atoms with Gasteiger partial charge in [-0.05, 0) is 72.2 Å². The van der Waals surface area contributed by atoms with Crippen LogP contribution in [-0.4, -0.2) is 33.2 Å². The summed E-state index contributed by atoms with van der Waals surface area (Å²) in [5.41, 5.74) is 6.31. The van der Waals surface area contributed by atoms with E-state index in [-0.39, 0.29) is 0 Å². The number of ether oxygens (including phenoxy) is 1. The highest BCUT2D eigenvalue weighted by Crippen LogP contribution is 2.18. The van der Waals surface area contributed by atoms with Gasteiger partial charge in [-0.25, -0.2) is 4.98 Å². The summed E-state index contributed by atoms with van der Waals surface area (Å²) >= 11 is 5.85. The van der Waals surface area contributed by atoms with Crippen molar-refractivity contribution in [3.8, 4) is 11.8 Å². The third-order valence-corrected chi connectivity index (χ3v) is 6.48. The number of imidazole rings is 1. The smallest absolute Gasteiger partial charge is 0.173 e. The summed E-state index contributed by atoms with van der Waals surface area (Å²) in [7, 11) is 1.66. The molecule has 3 aromatic carbocycles. The van der Waals surface area contributed by atoms with Crippen LogP contribution in [0, 0.1) is 18.3 Å². The number of rotatable bonds is 9. The first kappa shape index (κ1) is 25.0. The fourth-order valence-corrected chi connectivity index (χ4v) is 4.23. The van der Waals surface area contributed by atoms with Crippen LogP contribution < -0.4 is 10.1 Å². The maximum Gasteiger partial charge on any atom is 0.173 e. The predicted octanol–water partition coefficient (Wildman–Crippen LogP) is 5.56. The molecule has 0 aliphatic rings. The van der Waals surface area contributed by atoms with Crippen LogP contribution in [0.3, 0.4) is 0 Å². The van der Waals surface area contributed by atoms with Crippen molar-refractivity contribution in [2.45, 2.75) is 26.4 Å². The molecule has 1 aromatic heterocycles. The molecule has 0 unspecified atom stereocenters. The standard InChI is InChI=1S/C29H29N5OS/c1-22-5-3-4-6-25(22)20-33(29(36)32-26-11-13-28(35-2)14-12-26)16-15-27-18-31-21-34(27)19-24-9-7-23(17-30)8-10-24/h3-14,18,21H,15-16,19-20H2,1-2H3,(H,32,36). The second kappa shape index (κ2) is 12.0. The largest absolute Gasteiger partial charge is 0.497 e. The SMILES string of the molecule is COc1ccc(NC(=S)N(CCc2cncn2Cc2ccc(C#N)cc2)Cc2ccccc2C)cc1. The second-order valence-corrected chi connectivity index (χ2v) is 8.96. The molecule has 0 atom stereocenters. The van der Waals surface area contributed by atoms with E-state index in [2.05, 4.69) is 57.0 Å². The van der Waals surface area contributed by atoms with E-state index in [0.29, 0.717) is 23.8 Å². The summed E-state index contributed by atoms with van der Waals surface area (Å²) in [5.74, 6) is 0.804. The molecule has 0 amide bonds. The number of hydrogen-bond donors (Lipinski definition) is 1. The highest BCUT2D eigenvalue weighted by atomic mass is 32.1. The minimum absolute atomic E-state index is 0.661. The van der Waals surface area contributed by atoms with E-state index >= 15 is 0 Å². The van der Waals surface area contributed by atoms with Gasteiger partial charge in [-0.3, -0.25) is 0 Å². The van der Waals surface area contributed by atoms with Gasteiger partial charge in [0.2, 0.25) is 0 Å². The van der Waals surface area contributed by atoms with Crippen molar-refractivity contribution in [2.75, 3.05) is 19.0 Å². The zero-order valence-electron chi connectivity index (χ0n) is 20.5. The molecule has 7 heteroatoms. The van der Waals surface area contributed by atoms with Crippen molar-refractivity contribution in [3.63, 3.8) is 0 Å². The number of aromatic nitrogens is 2. The lowest BCUT2D eigenvalue weighted by Gasteiger charge is -2.27. The predicted molar refractivity (Wildman–Crippen MR) is 147 cm³/mol. The summed E-state index contributed by atoms with van der Waals surface area (Å²) in [6, 6.07) is 26.0. The van der Waals surface area contributed by atoms with Gasteiger partial charge in [0.1, 0.15) is 5.75 Å². The van der Waals surface area contributed by atoms with Crippen molar-refractivity contribution in [3.05, 3.63) is 113 Å². The van der Waals surface area contributed by atoms with E-state index in [9.17, 15) is 0 Å². The fourth-order valence-electron chi connectivity index (χ4n) is 3.95. The number of nitrogens with one attached hydrogen (secondary N) is 1. The number of nitrogens with zero attached hydrogens (tertiary/aromatic N) is 4. The Kier molecular flexibility index (Phi) is 8.32. The Balaban J connectivity index is 1.48. The van der Waals surface area contributed by atoms with Gasteiger partial charge < -0.3 is 19.5 Å². The summed E-state index contributed by atoms with van der Waals surface area (Å²) in [4.78, 5) is 6.58. The molecule has 0 radical (unpaired) electrons. The average Bonchev–Trinajstić information content (AvgIpc) is 3.35. The lowest BCUT2D eigenvalue weighted by Crippen LogP contribution is -2.36. The Morgan fingerprint density at radius 3 is 2.53 bits per heavy atom. The molecule has 36 heavy (non-hydrogen) atoms. The molecular formula is C29H29N5OS. The van der Waals surface area contributed by atoms with Crippen molar-refractivity contribution >= 4 is 23.0 Å². The fraction of sp³-hybridized carbons (Fsp3) is 0.207. The van der Waals surface area contributed by atoms with E-state index in [4.69, 9.17) is 22.2 Å². The van der Waals surface area contributed by atoms with Crippen LogP contribution in [0.5, 0.6) is 5.75 Å². The van der Waals surface area contributed by atoms with Crippen LogP contribution in [0.15, 0.2) is 85.3 Å². The van der Waals surface area contributed by atoms with Crippen LogP contribution in [0.25, 0.3) is 0 Å². The molecule has 0 saturated carbocycles. The molecule has 4 rings (SSSR count). The van der Waals surface area contributed by atoms with Gasteiger partial charge >= 0.3 is 0 Å². The monoisotopic (exact) mass is 495 g/mol. The Bertz CT molecular complexity index is 1340. The third-order valence-electron chi connectivity index (χ3n) is 6.12. The molecule has 0 spiro atoms. The van der Waals surface area contributed by atoms with Gasteiger partial charge in [0.05, 0.1) is 25.1 Å². The number of thiocarbonyl (C=S) groups is 1. The summed E-state index contributed by atoms with van der Waals surface area (Å²) < 4.78 is 7.41. The summed E-state index contributed by atoms with van der Waals surface area (Å²) in [5, 5.41) is 13.1. The van der Waals surface area contributed by atoms with Crippen LogP contribution in [0.4, 0.5) is 5.69 Å². The molecule has 182 valence electrons. The molecule has 0 aliphatic heterocycles. The minimum Gasteiger partial charge on any atom is -0.497 e. The second-order valence-electron chi connectivity index (χ2n) is 8.58. The normalized spacial score (nSPS) is 10.5. The van der Waals surface area contributed by atoms with Gasteiger partial charge in [0.25, 0.3) is 0 Å². The molecule has 6 nitrogen and oxygen atoms in total. The van der Waals surface area contributed by atoms with Crippen molar-refractivity contribution in [1.29, 1.82) is 5.26 Å². The van der Waals surface area contributed by atoms with Crippen LogP contribution >= 0.6 is 12.2 Å². The topological polar surface area (TPSA) is 66.1 Å². The highest BCUT2D eigenvalue weighted by Gasteiger charge is 2.14. The van der Waals surface area contributed by atoms with E-state index < -0.39 is 0 Å². The molecule has 0 fully saturated rings. The number of anilines is 1. The zero-order valence-corrected chi connectivity index (χ0v) is 21.3. The maximum absolute atomic E-state index is 9.04. The third kappa shape index (κ3) is 6.49. The minimum atomic E-state index is 0.661. The first-order chi connectivity index (χ1) is 17.6. The van der Waals surface area contributed by atoms with Crippen molar-refractivity contribution in [1.82, 2.24) is 14.5 Å². The molecular weight excluding hydrogens is 466 g/mol. The molecule has 0 saturated heterocycles. The number of methoxy groups -OCH3 is 1. The summed E-state index contributed by atoms with van der Waals surface area (Å²) in [6.07, 6.45) is 4.55. The Morgan fingerprint density at radius 2 is 1.83 bits per heavy atom. The highest BCUT2D eigenvalue weighted by molar-refractivity contribution is 7.80. The van der Waals surface area contributed by atoms with Crippen molar-refractivity contribution < 1.29 is 4.74 Å². The maximum atomic E-state index is 9.04. The van der Waals surface area contributed by atoms with E-state index in [1.807, 2.05) is 61.1 Å². The van der Waals surface area contributed by atoms with Gasteiger partial charge in [-0.2, -0.15) is 5.26 Å². The average molecular weight is 496 g/mol. The lowest BCUT2D eigenvalue weighted by molar-refractivity contribution is 0.414. The Labute approximate surface area is 217 Å². The van der Waals surface area contributed by atoms with E-state index in [1.54, 1.807) is 7.11 Å². The zero-order chi connectivity index (χ0) is 25.3. The first-order valence-electron chi connectivity index (χ1n) is 11.8. The molecule has 1 N–H and O–H groups in total. The molecule has 0 bridgehead atoms. The molecule has 1 heterocycles. The van der Waals surface area contributed by atoms with E-state index in [1.165, 1.54) is 11.1 Å². The van der Waals surface area contributed by atoms with Crippen LogP contribution in [-0.2, 0) is 19.5 Å². The lowest BCUT2D eigenvalue weighted by atomic mass is 10.1. The van der Waals surface area contributed by atoms with E-state index in [0.717, 1.165) is 35.7 Å². The van der Waals surface area contributed by atoms with Gasteiger partial charge in [0.15, 0.2) is 5.11 Å². The van der Waals surface area contributed by atoms with Gasteiger partial charge in [-0.1, -0.05) is 36.4 Å². The quantitative estimate of drug-likeness (QED) is 0.307. The Morgan fingerprint density at radius 1 is 1.08 bits per heavy atom. The summed E-state index contributed by atoms with van der Waals surface area (Å²) in [6.45, 7) is 4.27. The Hall–Kier alpha value is -4.15. The number of aryl methyl sites for hydroxylation is 1. The number of hydrogen-bond acceptors (Lipinski definition) is 4. The van der Waals surface area contributed by atoms with Gasteiger partial charge in [0, 0.05) is 43.6 Å².